The number of unbranched alkanes of at least 4 members (excludes halogenated alkanes) is 1. The van der Waals surface area contributed by atoms with Gasteiger partial charge in [-0.3, -0.25) is 0 Å². The van der Waals surface area contributed by atoms with E-state index in [4.69, 9.17) is 5.11 Å². The van der Waals surface area contributed by atoms with Crippen molar-refractivity contribution in [2.24, 2.45) is 5.92 Å². The molecule has 1 heterocycles. The monoisotopic (exact) mass is 223 g/mol. The molecule has 1 fully saturated rings. The average molecular weight is 223 g/mol. The first kappa shape index (κ1) is 11.1. The number of hydrogen-bond acceptors (Lipinski definition) is 3. The van der Waals surface area contributed by atoms with Crippen molar-refractivity contribution < 1.29 is 9.90 Å². The van der Waals surface area contributed by atoms with Gasteiger partial charge in [0.1, 0.15) is 0 Å². The van der Waals surface area contributed by atoms with Crippen molar-refractivity contribution in [1.82, 2.24) is 15.0 Å². The van der Waals surface area contributed by atoms with E-state index in [1.54, 1.807) is 4.68 Å². The number of nitrogens with zero attached hydrogens (tertiary/aromatic N) is 3. The van der Waals surface area contributed by atoms with Crippen LogP contribution in [0.3, 0.4) is 0 Å². The molecule has 0 saturated heterocycles. The fourth-order valence-electron chi connectivity index (χ4n) is 1.78. The summed E-state index contributed by atoms with van der Waals surface area (Å²) in [5.41, 5.74) is 0.950. The van der Waals surface area contributed by atoms with Crippen LogP contribution in [0.5, 0.6) is 0 Å². The Morgan fingerprint density at radius 1 is 1.56 bits per heavy atom. The number of hydrogen-bond donors (Lipinski definition) is 1. The highest BCUT2D eigenvalue weighted by Crippen LogP contribution is 2.33. The first-order valence-corrected chi connectivity index (χ1v) is 5.88. The number of carboxylic acid groups (broad SMARTS) is 1. The first-order chi connectivity index (χ1) is 7.72. The largest absolute Gasteiger partial charge is 0.476 e. The summed E-state index contributed by atoms with van der Waals surface area (Å²) in [4.78, 5) is 11.0. The number of carbonyl (C=O) groups is 1. The Hall–Kier alpha value is -1.39. The number of rotatable bonds is 6. The Labute approximate surface area is 94.5 Å². The lowest BCUT2D eigenvalue weighted by molar-refractivity contribution is 0.0689. The van der Waals surface area contributed by atoms with Crippen LogP contribution in [0, 0.1) is 5.92 Å². The lowest BCUT2D eigenvalue weighted by Gasteiger charge is -2.05. The summed E-state index contributed by atoms with van der Waals surface area (Å²) in [6, 6.07) is 0. The van der Waals surface area contributed by atoms with Crippen molar-refractivity contribution in [2.75, 3.05) is 0 Å². The van der Waals surface area contributed by atoms with Crippen LogP contribution in [-0.4, -0.2) is 26.1 Å². The van der Waals surface area contributed by atoms with Gasteiger partial charge in [-0.2, -0.15) is 0 Å². The average Bonchev–Trinajstić information content (AvgIpc) is 2.96. The Morgan fingerprint density at radius 3 is 2.88 bits per heavy atom. The van der Waals surface area contributed by atoms with Gasteiger partial charge in [0.05, 0.1) is 5.69 Å². The van der Waals surface area contributed by atoms with Gasteiger partial charge >= 0.3 is 5.97 Å². The molecule has 1 aliphatic rings. The van der Waals surface area contributed by atoms with E-state index in [9.17, 15) is 4.79 Å². The molecule has 0 unspecified atom stereocenters. The van der Waals surface area contributed by atoms with Gasteiger partial charge in [-0.1, -0.05) is 18.6 Å². The maximum atomic E-state index is 11.0. The molecule has 16 heavy (non-hydrogen) atoms. The molecule has 5 nitrogen and oxygen atoms in total. The number of aromatic carboxylic acids is 1. The zero-order valence-electron chi connectivity index (χ0n) is 9.52. The van der Waals surface area contributed by atoms with Crippen LogP contribution in [0.4, 0.5) is 0 Å². The SMILES string of the molecule is CCCCn1nnc(C(=O)O)c1CC1CC1. The molecule has 0 aliphatic heterocycles. The molecule has 0 aromatic carbocycles. The van der Waals surface area contributed by atoms with Crippen molar-refractivity contribution in [3.05, 3.63) is 11.4 Å². The first-order valence-electron chi connectivity index (χ1n) is 5.88. The third-order valence-electron chi connectivity index (χ3n) is 2.94. The molecule has 2 rings (SSSR count). The predicted octanol–water partition coefficient (Wildman–Crippen LogP) is 1.73. The van der Waals surface area contributed by atoms with Crippen molar-refractivity contribution >= 4 is 5.97 Å². The van der Waals surface area contributed by atoms with E-state index >= 15 is 0 Å². The lowest BCUT2D eigenvalue weighted by Crippen LogP contribution is -2.09. The minimum Gasteiger partial charge on any atom is -0.476 e. The minimum absolute atomic E-state index is 0.142. The Morgan fingerprint density at radius 2 is 2.31 bits per heavy atom. The molecule has 1 aromatic rings. The van der Waals surface area contributed by atoms with Gasteiger partial charge in [0.25, 0.3) is 0 Å². The molecular formula is C11H17N3O2. The molecule has 0 amide bonds. The molecule has 88 valence electrons. The van der Waals surface area contributed by atoms with Gasteiger partial charge < -0.3 is 5.11 Å². The van der Waals surface area contributed by atoms with Crippen LogP contribution in [0.2, 0.25) is 0 Å². The van der Waals surface area contributed by atoms with Crippen LogP contribution < -0.4 is 0 Å². The Kier molecular flexibility index (Phi) is 3.22. The van der Waals surface area contributed by atoms with Crippen molar-refractivity contribution in [1.29, 1.82) is 0 Å². The summed E-state index contributed by atoms with van der Waals surface area (Å²) in [5, 5.41) is 16.7. The predicted molar refractivity (Wildman–Crippen MR) is 58.3 cm³/mol. The molecule has 5 heteroatoms. The summed E-state index contributed by atoms with van der Waals surface area (Å²) in [6.45, 7) is 2.88. The van der Waals surface area contributed by atoms with Gasteiger partial charge in [0, 0.05) is 6.54 Å². The molecular weight excluding hydrogens is 206 g/mol. The lowest BCUT2D eigenvalue weighted by atomic mass is 10.1. The zero-order chi connectivity index (χ0) is 11.5. The highest BCUT2D eigenvalue weighted by molar-refractivity contribution is 5.86. The van der Waals surface area contributed by atoms with E-state index in [-0.39, 0.29) is 5.69 Å². The van der Waals surface area contributed by atoms with Crippen LogP contribution in [0.1, 0.15) is 48.8 Å². The summed E-state index contributed by atoms with van der Waals surface area (Å²) < 4.78 is 1.77. The second kappa shape index (κ2) is 4.63. The number of carboxylic acids is 1. The third kappa shape index (κ3) is 2.40. The van der Waals surface area contributed by atoms with Gasteiger partial charge in [0.2, 0.25) is 0 Å². The molecule has 1 saturated carbocycles. The van der Waals surface area contributed by atoms with E-state index in [0.29, 0.717) is 5.92 Å². The second-order valence-electron chi connectivity index (χ2n) is 4.41. The van der Waals surface area contributed by atoms with Crippen molar-refractivity contribution in [3.63, 3.8) is 0 Å². The maximum absolute atomic E-state index is 11.0. The zero-order valence-corrected chi connectivity index (χ0v) is 9.52. The standard InChI is InChI=1S/C11H17N3O2/c1-2-3-6-14-9(7-8-4-5-8)10(11(15)16)12-13-14/h8H,2-7H2,1H3,(H,15,16). The van der Waals surface area contributed by atoms with Crippen molar-refractivity contribution in [3.8, 4) is 0 Å². The topological polar surface area (TPSA) is 68.0 Å². The molecule has 1 N–H and O–H groups in total. The summed E-state index contributed by atoms with van der Waals surface area (Å²) in [5.74, 6) is -0.310. The van der Waals surface area contributed by atoms with Gasteiger partial charge in [0.15, 0.2) is 5.69 Å². The quantitative estimate of drug-likeness (QED) is 0.797. The van der Waals surface area contributed by atoms with E-state index < -0.39 is 5.97 Å². The minimum atomic E-state index is -0.960. The van der Waals surface area contributed by atoms with Crippen LogP contribution in [-0.2, 0) is 13.0 Å². The Balaban J connectivity index is 2.17. The van der Waals surface area contributed by atoms with Crippen molar-refractivity contribution in [2.45, 2.75) is 45.6 Å². The fourth-order valence-corrected chi connectivity index (χ4v) is 1.78. The Bertz CT molecular complexity index is 383. The van der Waals surface area contributed by atoms with E-state index in [2.05, 4.69) is 17.2 Å². The highest BCUT2D eigenvalue weighted by atomic mass is 16.4. The second-order valence-corrected chi connectivity index (χ2v) is 4.41. The van der Waals surface area contributed by atoms with Crippen LogP contribution in [0.25, 0.3) is 0 Å². The summed E-state index contributed by atoms with van der Waals surface area (Å²) >= 11 is 0. The van der Waals surface area contributed by atoms with Crippen LogP contribution in [0.15, 0.2) is 0 Å². The molecule has 1 aromatic heterocycles. The fraction of sp³-hybridized carbons (Fsp3) is 0.727. The third-order valence-corrected chi connectivity index (χ3v) is 2.94. The molecule has 0 radical (unpaired) electrons. The molecule has 0 bridgehead atoms. The smallest absolute Gasteiger partial charge is 0.358 e. The van der Waals surface area contributed by atoms with Gasteiger partial charge in [-0.05, 0) is 31.6 Å². The molecule has 0 atom stereocenters. The number of aromatic nitrogens is 3. The van der Waals surface area contributed by atoms with E-state index in [1.807, 2.05) is 0 Å². The van der Waals surface area contributed by atoms with E-state index in [1.165, 1.54) is 12.8 Å². The van der Waals surface area contributed by atoms with E-state index in [0.717, 1.165) is 31.5 Å². The summed E-state index contributed by atoms with van der Waals surface area (Å²) in [7, 11) is 0. The maximum Gasteiger partial charge on any atom is 0.358 e. The van der Waals surface area contributed by atoms with Gasteiger partial charge in [-0.25, -0.2) is 9.48 Å². The number of aryl methyl sites for hydroxylation is 1. The molecule has 1 aliphatic carbocycles. The summed E-state index contributed by atoms with van der Waals surface area (Å²) in [6.07, 6.45) is 5.32. The van der Waals surface area contributed by atoms with Crippen LogP contribution >= 0.6 is 0 Å². The normalized spacial score (nSPS) is 15.3. The van der Waals surface area contributed by atoms with Gasteiger partial charge in [-0.15, -0.1) is 5.10 Å². The highest BCUT2D eigenvalue weighted by Gasteiger charge is 2.27. The molecule has 0 spiro atoms.